The monoisotopic (exact) mass is 487 g/mol. The molecule has 0 bridgehead atoms. The summed E-state index contributed by atoms with van der Waals surface area (Å²) in [6, 6.07) is 11.9. The maximum absolute atomic E-state index is 12.7. The van der Waals surface area contributed by atoms with Gasteiger partial charge in [0.2, 0.25) is 0 Å². The first-order chi connectivity index (χ1) is 15.7. The highest BCUT2D eigenvalue weighted by Gasteiger charge is 2.20. The molecule has 4 aromatic rings. The van der Waals surface area contributed by atoms with Gasteiger partial charge in [0.1, 0.15) is 20.0 Å². The summed E-state index contributed by atoms with van der Waals surface area (Å²) in [7, 11) is -4.97. The zero-order chi connectivity index (χ0) is 23.6. The third-order valence-electron chi connectivity index (χ3n) is 5.01. The molecule has 0 radical (unpaired) electrons. The number of anilines is 1. The van der Waals surface area contributed by atoms with Gasteiger partial charge < -0.3 is 19.4 Å². The van der Waals surface area contributed by atoms with Crippen molar-refractivity contribution in [2.24, 2.45) is 0 Å². The number of rotatable bonds is 9. The predicted octanol–water partition coefficient (Wildman–Crippen LogP) is 4.03. The molecule has 2 aromatic heterocycles. The van der Waals surface area contributed by atoms with Crippen LogP contribution in [0.25, 0.3) is 31.8 Å². The van der Waals surface area contributed by atoms with Crippen LogP contribution in [0.4, 0.5) is 5.69 Å². The number of aliphatic carboxylic acids is 1. The Bertz CT molecular complexity index is 1470. The van der Waals surface area contributed by atoms with Crippen LogP contribution in [-0.4, -0.2) is 35.6 Å². The summed E-state index contributed by atoms with van der Waals surface area (Å²) in [6.45, 7) is 0.321. The maximum atomic E-state index is 12.7. The average Bonchev–Trinajstić information content (AvgIpc) is 3.18. The van der Waals surface area contributed by atoms with Gasteiger partial charge in [-0.05, 0) is 43.2 Å². The largest absolute Gasteiger partial charge is 0.744 e. The van der Waals surface area contributed by atoms with E-state index < -0.39 is 26.6 Å². The first kappa shape index (κ1) is 22.9. The molecule has 0 amide bonds. The molecule has 172 valence electrons. The lowest BCUT2D eigenvalue weighted by Crippen LogP contribution is -2.11. The highest BCUT2D eigenvalue weighted by Crippen LogP contribution is 2.34. The molecule has 11 heteroatoms. The molecule has 0 unspecified atom stereocenters. The molecular weight excluding hydrogens is 468 g/mol. The summed E-state index contributed by atoms with van der Waals surface area (Å²) in [5.41, 5.74) is -0.167. The number of hydrogen-bond acceptors (Lipinski definition) is 9. The Morgan fingerprint density at radius 2 is 1.94 bits per heavy atom. The number of para-hydroxylation sites is 1. The highest BCUT2D eigenvalue weighted by atomic mass is 32.2. The lowest BCUT2D eigenvalue weighted by Gasteiger charge is -2.16. The zero-order valence-electron chi connectivity index (χ0n) is 17.2. The summed E-state index contributed by atoms with van der Waals surface area (Å²) in [5.74, 6) is -0.877. The van der Waals surface area contributed by atoms with E-state index in [1.807, 2.05) is 24.3 Å². The number of benzene rings is 2. The minimum atomic E-state index is -4.97. The Labute approximate surface area is 192 Å². The number of nitrogens with one attached hydrogen (secondary N) is 1. The van der Waals surface area contributed by atoms with E-state index >= 15 is 0 Å². The SMILES string of the molecule is O=C(O)CCCCCNc1ccc2cc(-c3nc4ccccc4s3)c(=O)oc2c1S(=O)(=O)[O-]. The summed E-state index contributed by atoms with van der Waals surface area (Å²) in [4.78, 5) is 27.1. The summed E-state index contributed by atoms with van der Waals surface area (Å²) in [5, 5.41) is 12.3. The summed E-state index contributed by atoms with van der Waals surface area (Å²) >= 11 is 1.31. The summed E-state index contributed by atoms with van der Waals surface area (Å²) < 4.78 is 42.3. The van der Waals surface area contributed by atoms with Crippen molar-refractivity contribution in [1.82, 2.24) is 4.98 Å². The molecule has 0 saturated carbocycles. The van der Waals surface area contributed by atoms with Gasteiger partial charge in [0, 0.05) is 18.4 Å². The number of fused-ring (bicyclic) bond motifs is 2. The second-order valence-electron chi connectivity index (χ2n) is 7.38. The van der Waals surface area contributed by atoms with Crippen molar-refractivity contribution >= 4 is 54.3 Å². The number of hydrogen-bond donors (Lipinski definition) is 2. The number of thiazole rings is 1. The van der Waals surface area contributed by atoms with Crippen molar-refractivity contribution in [1.29, 1.82) is 0 Å². The smallest absolute Gasteiger partial charge is 0.346 e. The Morgan fingerprint density at radius 3 is 2.67 bits per heavy atom. The molecule has 2 aromatic carbocycles. The first-order valence-corrected chi connectivity index (χ1v) is 12.3. The molecular formula is C22H19N2O7S2-. The van der Waals surface area contributed by atoms with E-state index in [1.165, 1.54) is 23.5 Å². The van der Waals surface area contributed by atoms with E-state index in [9.17, 15) is 22.6 Å². The Hall–Kier alpha value is -3.28. The van der Waals surface area contributed by atoms with E-state index in [1.54, 1.807) is 6.07 Å². The van der Waals surface area contributed by atoms with Crippen molar-refractivity contribution < 1.29 is 27.3 Å². The molecule has 0 aliphatic carbocycles. The lowest BCUT2D eigenvalue weighted by atomic mass is 10.1. The molecule has 33 heavy (non-hydrogen) atoms. The standard InChI is InChI=1S/C22H20N2O7S2/c25-18(26)8-2-1-5-11-23-16-10-9-13-12-14(21-24-15-6-3-4-7-17(15)32-21)22(27)31-19(13)20(16)33(28,29)30/h3-4,6-7,9-10,12,23H,1-2,5,8,11H2,(H,25,26)(H,28,29,30)/p-1. The average molecular weight is 488 g/mol. The molecule has 2 heterocycles. The van der Waals surface area contributed by atoms with E-state index in [0.717, 1.165) is 10.2 Å². The number of nitrogens with zero attached hydrogens (tertiary/aromatic N) is 1. The Balaban J connectivity index is 1.68. The molecule has 2 N–H and O–H groups in total. The van der Waals surface area contributed by atoms with Crippen LogP contribution in [-0.2, 0) is 14.9 Å². The number of carboxylic acid groups (broad SMARTS) is 1. The third kappa shape index (κ3) is 5.05. The number of carbonyl (C=O) groups is 1. The molecule has 0 aliphatic rings. The fourth-order valence-corrected chi connectivity index (χ4v) is 5.25. The fraction of sp³-hybridized carbons (Fsp3) is 0.227. The van der Waals surface area contributed by atoms with E-state index in [4.69, 9.17) is 9.52 Å². The molecule has 4 rings (SSSR count). The molecule has 0 atom stereocenters. The number of aromatic nitrogens is 1. The second-order valence-corrected chi connectivity index (χ2v) is 9.73. The number of carboxylic acids is 1. The van der Waals surface area contributed by atoms with Gasteiger partial charge in [0.15, 0.2) is 5.58 Å². The normalized spacial score (nSPS) is 11.8. The van der Waals surface area contributed by atoms with Gasteiger partial charge in [0.25, 0.3) is 0 Å². The van der Waals surface area contributed by atoms with E-state index in [-0.39, 0.29) is 28.6 Å². The van der Waals surface area contributed by atoms with Crippen LogP contribution in [0.2, 0.25) is 0 Å². The van der Waals surface area contributed by atoms with E-state index in [2.05, 4.69) is 10.3 Å². The first-order valence-electron chi connectivity index (χ1n) is 10.1. The molecule has 0 saturated heterocycles. The zero-order valence-corrected chi connectivity index (χ0v) is 18.9. The van der Waals surface area contributed by atoms with Gasteiger partial charge in [-0.3, -0.25) is 4.79 Å². The van der Waals surface area contributed by atoms with Crippen LogP contribution < -0.4 is 10.9 Å². The maximum Gasteiger partial charge on any atom is 0.346 e. The lowest BCUT2D eigenvalue weighted by molar-refractivity contribution is -0.137. The van der Waals surface area contributed by atoms with Crippen molar-refractivity contribution in [2.45, 2.75) is 30.6 Å². The Morgan fingerprint density at radius 1 is 1.15 bits per heavy atom. The predicted molar refractivity (Wildman–Crippen MR) is 124 cm³/mol. The van der Waals surface area contributed by atoms with Gasteiger partial charge in [-0.2, -0.15) is 0 Å². The number of unbranched alkanes of at least 4 members (excludes halogenated alkanes) is 2. The molecule has 0 fully saturated rings. The van der Waals surface area contributed by atoms with Crippen molar-refractivity contribution in [2.75, 3.05) is 11.9 Å². The van der Waals surface area contributed by atoms with Crippen molar-refractivity contribution in [3.05, 3.63) is 52.9 Å². The molecule has 9 nitrogen and oxygen atoms in total. The van der Waals surface area contributed by atoms with Gasteiger partial charge >= 0.3 is 11.6 Å². The minimum Gasteiger partial charge on any atom is -0.744 e. The van der Waals surface area contributed by atoms with Crippen molar-refractivity contribution in [3.63, 3.8) is 0 Å². The third-order valence-corrected chi connectivity index (χ3v) is 6.99. The molecule has 0 aliphatic heterocycles. The highest BCUT2D eigenvalue weighted by molar-refractivity contribution is 7.86. The van der Waals surface area contributed by atoms with Gasteiger partial charge in [-0.25, -0.2) is 18.2 Å². The van der Waals surface area contributed by atoms with Crippen LogP contribution in [0.1, 0.15) is 25.7 Å². The van der Waals surface area contributed by atoms with Gasteiger partial charge in [-0.15, -0.1) is 11.3 Å². The fourth-order valence-electron chi connectivity index (χ4n) is 3.48. The topological polar surface area (TPSA) is 150 Å². The minimum absolute atomic E-state index is 0.0339. The Kier molecular flexibility index (Phi) is 6.45. The van der Waals surface area contributed by atoms with E-state index in [0.29, 0.717) is 30.8 Å². The van der Waals surface area contributed by atoms with Crippen LogP contribution in [0.15, 0.2) is 56.6 Å². The van der Waals surface area contributed by atoms with Gasteiger partial charge in [0.05, 0.1) is 21.5 Å². The second kappa shape index (κ2) is 9.30. The van der Waals surface area contributed by atoms with Crippen LogP contribution >= 0.6 is 11.3 Å². The van der Waals surface area contributed by atoms with Crippen LogP contribution in [0, 0.1) is 0 Å². The van der Waals surface area contributed by atoms with Gasteiger partial charge in [-0.1, -0.05) is 18.6 Å². The quantitative estimate of drug-likeness (QED) is 0.203. The van der Waals surface area contributed by atoms with Crippen LogP contribution in [0.5, 0.6) is 0 Å². The van der Waals surface area contributed by atoms with Crippen LogP contribution in [0.3, 0.4) is 0 Å². The summed E-state index contributed by atoms with van der Waals surface area (Å²) in [6.07, 6.45) is 1.74. The molecule has 0 spiro atoms. The van der Waals surface area contributed by atoms with Crippen molar-refractivity contribution in [3.8, 4) is 10.6 Å².